The highest BCUT2D eigenvalue weighted by Gasteiger charge is 2.07. The van der Waals surface area contributed by atoms with E-state index in [-0.39, 0.29) is 5.91 Å². The number of nitrogens with one attached hydrogen (secondary N) is 1. The highest BCUT2D eigenvalue weighted by molar-refractivity contribution is 5.93. The number of pyridine rings is 1. The van der Waals surface area contributed by atoms with Crippen molar-refractivity contribution in [2.45, 2.75) is 33.1 Å². The van der Waals surface area contributed by atoms with Crippen LogP contribution in [0.2, 0.25) is 0 Å². The molecule has 0 saturated heterocycles. The van der Waals surface area contributed by atoms with Crippen LogP contribution in [0.4, 0.5) is 5.82 Å². The van der Waals surface area contributed by atoms with E-state index in [1.165, 1.54) is 12.8 Å². The average Bonchev–Trinajstić information content (AvgIpc) is 2.37. The number of nitrogens with zero attached hydrogens (tertiary/aromatic N) is 2. The van der Waals surface area contributed by atoms with Gasteiger partial charge in [-0.1, -0.05) is 26.7 Å². The Morgan fingerprint density at radius 2 is 2.05 bits per heavy atom. The van der Waals surface area contributed by atoms with Gasteiger partial charge in [-0.2, -0.15) is 0 Å². The molecule has 0 spiro atoms. The minimum atomic E-state index is -0.0176. The number of unbranched alkanes of at least 4 members (excludes halogenated alkanes) is 1. The van der Waals surface area contributed by atoms with Gasteiger partial charge in [0.05, 0.1) is 5.56 Å². The average molecular weight is 263 g/mol. The fourth-order valence-electron chi connectivity index (χ4n) is 1.78. The maximum atomic E-state index is 11.7. The molecule has 1 N–H and O–H groups in total. The van der Waals surface area contributed by atoms with Gasteiger partial charge in [-0.25, -0.2) is 4.98 Å². The molecule has 0 atom stereocenters. The maximum Gasteiger partial charge on any atom is 0.254 e. The Morgan fingerprint density at radius 1 is 1.32 bits per heavy atom. The zero-order chi connectivity index (χ0) is 14.3. The Balaban J connectivity index is 2.34. The second-order valence-electron chi connectivity index (χ2n) is 5.45. The van der Waals surface area contributed by atoms with Gasteiger partial charge in [-0.05, 0) is 24.5 Å². The van der Waals surface area contributed by atoms with Gasteiger partial charge < -0.3 is 10.2 Å². The summed E-state index contributed by atoms with van der Waals surface area (Å²) >= 11 is 0. The number of hydrogen-bond acceptors (Lipinski definition) is 3. The topological polar surface area (TPSA) is 45.2 Å². The summed E-state index contributed by atoms with van der Waals surface area (Å²) in [6.45, 7) is 5.42. The van der Waals surface area contributed by atoms with Crippen LogP contribution in [0.1, 0.15) is 43.5 Å². The molecule has 106 valence electrons. The third-order valence-corrected chi connectivity index (χ3v) is 2.93. The molecule has 0 fully saturated rings. The summed E-state index contributed by atoms with van der Waals surface area (Å²) in [4.78, 5) is 17.5. The predicted molar refractivity (Wildman–Crippen MR) is 79.4 cm³/mol. The number of anilines is 1. The molecule has 0 aromatic carbocycles. The van der Waals surface area contributed by atoms with Crippen molar-refractivity contribution >= 4 is 11.7 Å². The van der Waals surface area contributed by atoms with Crippen LogP contribution in [0.15, 0.2) is 18.3 Å². The highest BCUT2D eigenvalue weighted by atomic mass is 16.2. The summed E-state index contributed by atoms with van der Waals surface area (Å²) in [6.07, 6.45) is 5.28. The summed E-state index contributed by atoms with van der Waals surface area (Å²) in [5, 5.41) is 3.28. The monoisotopic (exact) mass is 263 g/mol. The van der Waals surface area contributed by atoms with E-state index in [0.717, 1.165) is 24.7 Å². The van der Waals surface area contributed by atoms with Crippen molar-refractivity contribution < 1.29 is 4.79 Å². The SMILES string of the molecule is CC(C)CCCCNc1ccc(C(=O)N(C)C)cn1. The zero-order valence-corrected chi connectivity index (χ0v) is 12.4. The Kier molecular flexibility index (Phi) is 6.33. The molecule has 0 radical (unpaired) electrons. The van der Waals surface area contributed by atoms with E-state index in [0.29, 0.717) is 5.56 Å². The standard InChI is InChI=1S/C15H25N3O/c1-12(2)7-5-6-10-16-14-9-8-13(11-17-14)15(19)18(3)4/h8-9,11-12H,5-7,10H2,1-4H3,(H,16,17). The molecular formula is C15H25N3O. The molecule has 0 aliphatic heterocycles. The first-order valence-corrected chi connectivity index (χ1v) is 6.92. The Morgan fingerprint density at radius 3 is 2.58 bits per heavy atom. The second-order valence-corrected chi connectivity index (χ2v) is 5.45. The van der Waals surface area contributed by atoms with E-state index in [1.54, 1.807) is 25.2 Å². The van der Waals surface area contributed by atoms with Crippen molar-refractivity contribution in [1.29, 1.82) is 0 Å². The lowest BCUT2D eigenvalue weighted by atomic mass is 10.1. The number of aromatic nitrogens is 1. The van der Waals surface area contributed by atoms with Crippen molar-refractivity contribution in [3.05, 3.63) is 23.9 Å². The third kappa shape index (κ3) is 5.73. The zero-order valence-electron chi connectivity index (χ0n) is 12.4. The number of carbonyl (C=O) groups is 1. The van der Waals surface area contributed by atoms with Gasteiger partial charge in [0.25, 0.3) is 5.91 Å². The van der Waals surface area contributed by atoms with Gasteiger partial charge in [0.15, 0.2) is 0 Å². The number of carbonyl (C=O) groups excluding carboxylic acids is 1. The van der Waals surface area contributed by atoms with Crippen molar-refractivity contribution in [3.63, 3.8) is 0 Å². The van der Waals surface area contributed by atoms with Gasteiger partial charge in [0.2, 0.25) is 0 Å². The fraction of sp³-hybridized carbons (Fsp3) is 0.600. The lowest BCUT2D eigenvalue weighted by Gasteiger charge is -2.10. The van der Waals surface area contributed by atoms with E-state index in [4.69, 9.17) is 0 Å². The van der Waals surface area contributed by atoms with E-state index in [1.807, 2.05) is 12.1 Å². The molecule has 0 unspecified atom stereocenters. The second kappa shape index (κ2) is 7.77. The molecule has 4 heteroatoms. The van der Waals surface area contributed by atoms with Gasteiger partial charge in [-0.3, -0.25) is 4.79 Å². The normalized spacial score (nSPS) is 10.6. The smallest absolute Gasteiger partial charge is 0.254 e. The van der Waals surface area contributed by atoms with Crippen LogP contribution in [0.5, 0.6) is 0 Å². The largest absolute Gasteiger partial charge is 0.370 e. The molecule has 1 rings (SSSR count). The molecule has 0 bridgehead atoms. The first-order valence-electron chi connectivity index (χ1n) is 6.92. The van der Waals surface area contributed by atoms with Crippen molar-refractivity contribution in [2.75, 3.05) is 26.0 Å². The molecule has 1 amide bonds. The summed E-state index contributed by atoms with van der Waals surface area (Å²) in [6, 6.07) is 3.67. The molecule has 0 saturated carbocycles. The number of amides is 1. The quantitative estimate of drug-likeness (QED) is 0.769. The molecule has 4 nitrogen and oxygen atoms in total. The molecule has 1 heterocycles. The van der Waals surface area contributed by atoms with E-state index in [2.05, 4.69) is 24.1 Å². The van der Waals surface area contributed by atoms with Crippen molar-refractivity contribution in [3.8, 4) is 0 Å². The van der Waals surface area contributed by atoms with Crippen LogP contribution >= 0.6 is 0 Å². The van der Waals surface area contributed by atoms with Crippen molar-refractivity contribution in [1.82, 2.24) is 9.88 Å². The van der Waals surface area contributed by atoms with Crippen LogP contribution in [-0.4, -0.2) is 36.4 Å². The van der Waals surface area contributed by atoms with E-state index in [9.17, 15) is 4.79 Å². The Labute approximate surface area is 116 Å². The summed E-state index contributed by atoms with van der Waals surface area (Å²) in [5.74, 6) is 1.59. The van der Waals surface area contributed by atoms with E-state index < -0.39 is 0 Å². The maximum absolute atomic E-state index is 11.7. The molecule has 0 aliphatic rings. The Bertz CT molecular complexity index is 385. The first kappa shape index (κ1) is 15.5. The molecule has 1 aromatic heterocycles. The van der Waals surface area contributed by atoms with E-state index >= 15 is 0 Å². The van der Waals surface area contributed by atoms with Gasteiger partial charge in [0.1, 0.15) is 5.82 Å². The minimum absolute atomic E-state index is 0.0176. The molecule has 19 heavy (non-hydrogen) atoms. The molecule has 0 aliphatic carbocycles. The lowest BCUT2D eigenvalue weighted by Crippen LogP contribution is -2.21. The summed E-state index contributed by atoms with van der Waals surface area (Å²) < 4.78 is 0. The van der Waals surface area contributed by atoms with Crippen LogP contribution in [0, 0.1) is 5.92 Å². The summed E-state index contributed by atoms with van der Waals surface area (Å²) in [7, 11) is 3.48. The molecule has 1 aromatic rings. The summed E-state index contributed by atoms with van der Waals surface area (Å²) in [5.41, 5.74) is 0.621. The molecular weight excluding hydrogens is 238 g/mol. The predicted octanol–water partition coefficient (Wildman–Crippen LogP) is 3.02. The third-order valence-electron chi connectivity index (χ3n) is 2.93. The van der Waals surface area contributed by atoms with Gasteiger partial charge >= 0.3 is 0 Å². The van der Waals surface area contributed by atoms with Crippen LogP contribution in [0.3, 0.4) is 0 Å². The van der Waals surface area contributed by atoms with Crippen LogP contribution in [-0.2, 0) is 0 Å². The lowest BCUT2D eigenvalue weighted by molar-refractivity contribution is 0.0827. The highest BCUT2D eigenvalue weighted by Crippen LogP contribution is 2.09. The Hall–Kier alpha value is -1.58. The number of hydrogen-bond donors (Lipinski definition) is 1. The minimum Gasteiger partial charge on any atom is -0.370 e. The van der Waals surface area contributed by atoms with Gasteiger partial charge in [-0.15, -0.1) is 0 Å². The van der Waals surface area contributed by atoms with Crippen molar-refractivity contribution in [2.24, 2.45) is 5.92 Å². The number of rotatable bonds is 7. The van der Waals surface area contributed by atoms with Crippen LogP contribution < -0.4 is 5.32 Å². The first-order chi connectivity index (χ1) is 9.00. The van der Waals surface area contributed by atoms with Gasteiger partial charge in [0, 0.05) is 26.8 Å². The fourth-order valence-corrected chi connectivity index (χ4v) is 1.78. The van der Waals surface area contributed by atoms with Crippen LogP contribution in [0.25, 0.3) is 0 Å².